The fourth-order valence-electron chi connectivity index (χ4n) is 6.27. The number of hydrogen-bond donors (Lipinski definition) is 0. The van der Waals surface area contributed by atoms with E-state index < -0.39 is 29.7 Å². The van der Waals surface area contributed by atoms with Gasteiger partial charge in [0.25, 0.3) is 5.56 Å². The smallest absolute Gasteiger partial charge is 0.410 e. The summed E-state index contributed by atoms with van der Waals surface area (Å²) in [7, 11) is 3.32. The fraction of sp³-hybridized carbons (Fsp3) is 0.486. The molecule has 0 spiro atoms. The van der Waals surface area contributed by atoms with E-state index in [0.717, 1.165) is 53.6 Å². The number of pyridine rings is 2. The van der Waals surface area contributed by atoms with Crippen molar-refractivity contribution < 1.29 is 28.6 Å². The van der Waals surface area contributed by atoms with E-state index in [4.69, 9.17) is 24.2 Å². The Bertz CT molecular complexity index is 1880. The number of nitrogens with zero attached hydrogens (tertiary/aromatic N) is 6. The number of anilines is 1. The van der Waals surface area contributed by atoms with Crippen molar-refractivity contribution in [2.75, 3.05) is 45.2 Å². The molecule has 13 nitrogen and oxygen atoms in total. The molecule has 0 saturated heterocycles. The van der Waals surface area contributed by atoms with E-state index in [-0.39, 0.29) is 24.3 Å². The van der Waals surface area contributed by atoms with Crippen LogP contribution in [0.3, 0.4) is 0 Å². The van der Waals surface area contributed by atoms with Gasteiger partial charge in [0.15, 0.2) is 0 Å². The number of benzene rings is 1. The second-order valence-electron chi connectivity index (χ2n) is 13.6. The Morgan fingerprint density at radius 2 is 1.90 bits per heavy atom. The van der Waals surface area contributed by atoms with Crippen LogP contribution in [-0.2, 0) is 37.0 Å². The number of rotatable bonds is 10. The molecule has 0 unspecified atom stereocenters. The normalized spacial score (nSPS) is 16.0. The summed E-state index contributed by atoms with van der Waals surface area (Å²) in [4.78, 5) is 67.3. The van der Waals surface area contributed by atoms with Gasteiger partial charge >= 0.3 is 18.0 Å². The van der Waals surface area contributed by atoms with Crippen LogP contribution in [0, 0.1) is 0 Å². The predicted octanol–water partition coefficient (Wildman–Crippen LogP) is 4.54. The van der Waals surface area contributed by atoms with Crippen molar-refractivity contribution in [2.45, 2.75) is 71.8 Å². The Balaban J connectivity index is 1.26. The van der Waals surface area contributed by atoms with Crippen molar-refractivity contribution in [3.05, 3.63) is 51.3 Å². The van der Waals surface area contributed by atoms with Gasteiger partial charge in [-0.05, 0) is 52.4 Å². The van der Waals surface area contributed by atoms with E-state index in [1.807, 2.05) is 24.5 Å². The first-order valence-electron chi connectivity index (χ1n) is 16.4. The zero-order chi connectivity index (χ0) is 34.3. The highest BCUT2D eigenvalue weighted by Gasteiger charge is 2.39. The van der Waals surface area contributed by atoms with Crippen molar-refractivity contribution in [1.29, 1.82) is 0 Å². The number of ether oxygens (including phenoxy) is 3. The van der Waals surface area contributed by atoms with Crippen LogP contribution in [0.25, 0.3) is 22.3 Å². The third-order valence-corrected chi connectivity index (χ3v) is 8.71. The predicted molar refractivity (Wildman–Crippen MR) is 181 cm³/mol. The highest BCUT2D eigenvalue weighted by molar-refractivity contribution is 6.11. The van der Waals surface area contributed by atoms with E-state index in [1.165, 1.54) is 4.90 Å². The van der Waals surface area contributed by atoms with Gasteiger partial charge in [-0.15, -0.1) is 0 Å². The fourth-order valence-corrected chi connectivity index (χ4v) is 6.27. The second-order valence-corrected chi connectivity index (χ2v) is 13.6. The number of aromatic nitrogens is 2. The molecule has 3 aliphatic rings. The highest BCUT2D eigenvalue weighted by Crippen LogP contribution is 2.46. The molecule has 0 aliphatic carbocycles. The average Bonchev–Trinajstić information content (AvgIpc) is 3.40. The number of carbonyl (C=O) groups is 3. The third kappa shape index (κ3) is 6.38. The zero-order valence-electron chi connectivity index (χ0n) is 28.4. The van der Waals surface area contributed by atoms with Crippen LogP contribution in [-0.4, -0.2) is 89.6 Å². The quantitative estimate of drug-likeness (QED) is 0.136. The summed E-state index contributed by atoms with van der Waals surface area (Å²) < 4.78 is 18.1. The summed E-state index contributed by atoms with van der Waals surface area (Å²) in [6.45, 7) is 8.93. The van der Waals surface area contributed by atoms with Crippen molar-refractivity contribution in [1.82, 2.24) is 19.4 Å². The average molecular weight is 659 g/mol. The van der Waals surface area contributed by atoms with E-state index >= 15 is 0 Å². The van der Waals surface area contributed by atoms with Gasteiger partial charge in [0.1, 0.15) is 12.2 Å². The molecule has 0 N–H and O–H groups in total. The zero-order valence-corrected chi connectivity index (χ0v) is 28.4. The lowest BCUT2D eigenvalue weighted by Crippen LogP contribution is -2.40. The van der Waals surface area contributed by atoms with E-state index in [1.54, 1.807) is 50.4 Å². The Labute approximate surface area is 279 Å². The first-order chi connectivity index (χ1) is 22.9. The van der Waals surface area contributed by atoms with E-state index in [0.29, 0.717) is 36.6 Å². The van der Waals surface area contributed by atoms with Crippen molar-refractivity contribution in [3.63, 3.8) is 0 Å². The second kappa shape index (κ2) is 13.0. The molecule has 0 fully saturated rings. The molecule has 48 heavy (non-hydrogen) atoms. The monoisotopic (exact) mass is 658 g/mol. The molecule has 6 rings (SSSR count). The minimum atomic E-state index is -1.40. The lowest BCUT2D eigenvalue weighted by atomic mass is 9.99. The number of aliphatic imine (C=N–C) groups is 1. The van der Waals surface area contributed by atoms with E-state index in [2.05, 4.69) is 11.8 Å². The Morgan fingerprint density at radius 1 is 1.10 bits per heavy atom. The SMILES string of the molecule is CCCCCN1C=Nc2cccc3nc4c(c1c23)Cn1c-4cc2c(c1=O)COC(=O)[C@H]2OC(=O)CN(C)CCN(C)C(=O)OC(C)(C)C. The molecule has 3 aliphatic heterocycles. The van der Waals surface area contributed by atoms with Crippen LogP contribution in [0.2, 0.25) is 0 Å². The van der Waals surface area contributed by atoms with Crippen LogP contribution in [0.4, 0.5) is 16.2 Å². The lowest BCUT2D eigenvalue weighted by molar-refractivity contribution is -0.172. The van der Waals surface area contributed by atoms with Gasteiger partial charge in [-0.1, -0.05) is 25.8 Å². The van der Waals surface area contributed by atoms with Gasteiger partial charge in [0, 0.05) is 37.8 Å². The standard InChI is InChI=1S/C35H42N6O7/c1-7-8-9-13-40-20-36-24-11-10-12-25-28(24)30(40)22-17-41-26(29(22)37-25)16-21-23(32(41)43)19-46-33(44)31(21)47-27(42)18-38(5)14-15-39(6)34(45)48-35(2,3)4/h10-12,16,20,31H,7-9,13-15,17-19H2,1-6H3/t31-/m0/s1. The maximum absolute atomic E-state index is 14.0. The molecular weight excluding hydrogens is 616 g/mol. The first kappa shape index (κ1) is 33.1. The van der Waals surface area contributed by atoms with Crippen molar-refractivity contribution >= 4 is 46.6 Å². The summed E-state index contributed by atoms with van der Waals surface area (Å²) in [5, 5.41) is 0.951. The molecular formula is C35H42N6O7. The molecule has 254 valence electrons. The molecule has 13 heteroatoms. The van der Waals surface area contributed by atoms with Gasteiger partial charge in [-0.25, -0.2) is 19.6 Å². The summed E-state index contributed by atoms with van der Waals surface area (Å²) in [6.07, 6.45) is 3.16. The molecule has 2 aromatic heterocycles. The number of amides is 1. The molecule has 5 heterocycles. The molecule has 0 saturated carbocycles. The van der Waals surface area contributed by atoms with Crippen molar-refractivity contribution in [2.24, 2.45) is 4.99 Å². The van der Waals surface area contributed by atoms with Gasteiger partial charge in [0.05, 0.1) is 58.7 Å². The van der Waals surface area contributed by atoms with E-state index in [9.17, 15) is 19.2 Å². The highest BCUT2D eigenvalue weighted by atomic mass is 16.6. The van der Waals surface area contributed by atoms with Crippen LogP contribution in [0.1, 0.15) is 69.8 Å². The number of carbonyl (C=O) groups excluding carboxylic acids is 3. The summed E-state index contributed by atoms with van der Waals surface area (Å²) >= 11 is 0. The minimum Gasteiger partial charge on any atom is -0.458 e. The molecule has 1 aromatic carbocycles. The first-order valence-corrected chi connectivity index (χ1v) is 16.4. The van der Waals surface area contributed by atoms with Gasteiger partial charge in [0.2, 0.25) is 6.10 Å². The Hall–Kier alpha value is -4.78. The summed E-state index contributed by atoms with van der Waals surface area (Å²) in [6, 6.07) is 7.56. The topological polar surface area (TPSA) is 136 Å². The maximum atomic E-state index is 14.0. The van der Waals surface area contributed by atoms with Gasteiger partial charge in [-0.3, -0.25) is 14.5 Å². The van der Waals surface area contributed by atoms with Crippen LogP contribution in [0.5, 0.6) is 0 Å². The van der Waals surface area contributed by atoms with Crippen LogP contribution >= 0.6 is 0 Å². The van der Waals surface area contributed by atoms with Gasteiger partial charge in [-0.2, -0.15) is 0 Å². The molecule has 1 atom stereocenters. The largest absolute Gasteiger partial charge is 0.458 e. The number of hydrogen-bond acceptors (Lipinski definition) is 11. The van der Waals surface area contributed by atoms with Crippen LogP contribution in [0.15, 0.2) is 34.1 Å². The molecule has 0 bridgehead atoms. The Kier molecular flexibility index (Phi) is 8.99. The minimum absolute atomic E-state index is 0.150. The third-order valence-electron chi connectivity index (χ3n) is 8.71. The number of unbranched alkanes of at least 4 members (excludes halogenated alkanes) is 2. The molecule has 0 radical (unpaired) electrons. The number of fused-ring (bicyclic) bond motifs is 5. The number of esters is 2. The lowest BCUT2D eigenvalue weighted by Gasteiger charge is -2.27. The van der Waals surface area contributed by atoms with Crippen LogP contribution < -0.4 is 10.5 Å². The summed E-state index contributed by atoms with van der Waals surface area (Å²) in [5.74, 6) is -1.41. The molecule has 1 amide bonds. The Morgan fingerprint density at radius 3 is 2.65 bits per heavy atom. The maximum Gasteiger partial charge on any atom is 0.410 e. The van der Waals surface area contributed by atoms with Gasteiger partial charge < -0.3 is 28.6 Å². The number of cyclic esters (lactones) is 1. The summed E-state index contributed by atoms with van der Waals surface area (Å²) in [5.41, 5.74) is 4.37. The molecule has 3 aromatic rings. The van der Waals surface area contributed by atoms with Crippen molar-refractivity contribution in [3.8, 4) is 11.4 Å². The number of likely N-dealkylation sites (N-methyl/N-ethyl adjacent to an activating group) is 2.